The number of rotatable bonds is 2. The standard InChI is InChI=1S/C10H14N4S/c1-7-6-14-10(11-7)15-9(13-14)12-8-4-2-3-5-8/h6,8H,2-5H2,1H3,(H,12,13). The number of fused-ring (bicyclic) bond motifs is 1. The lowest BCUT2D eigenvalue weighted by atomic mass is 10.3. The van der Waals surface area contributed by atoms with Crippen LogP contribution < -0.4 is 5.32 Å². The van der Waals surface area contributed by atoms with Crippen molar-refractivity contribution in [3.63, 3.8) is 0 Å². The summed E-state index contributed by atoms with van der Waals surface area (Å²) in [5.74, 6) is 0. The van der Waals surface area contributed by atoms with Crippen LogP contribution in [0.1, 0.15) is 31.4 Å². The van der Waals surface area contributed by atoms with Gasteiger partial charge in [-0.05, 0) is 19.8 Å². The van der Waals surface area contributed by atoms with E-state index < -0.39 is 0 Å². The van der Waals surface area contributed by atoms with Gasteiger partial charge in [-0.15, -0.1) is 5.10 Å². The van der Waals surface area contributed by atoms with E-state index in [1.54, 1.807) is 11.3 Å². The molecule has 1 saturated carbocycles. The van der Waals surface area contributed by atoms with Crippen molar-refractivity contribution in [1.29, 1.82) is 0 Å². The fourth-order valence-electron chi connectivity index (χ4n) is 2.11. The molecular weight excluding hydrogens is 208 g/mol. The molecule has 0 radical (unpaired) electrons. The second-order valence-electron chi connectivity index (χ2n) is 4.14. The molecule has 0 aromatic carbocycles. The van der Waals surface area contributed by atoms with Crippen LogP contribution in [0, 0.1) is 6.92 Å². The molecule has 1 fully saturated rings. The molecule has 4 nitrogen and oxygen atoms in total. The van der Waals surface area contributed by atoms with Crippen molar-refractivity contribution >= 4 is 21.4 Å². The maximum Gasteiger partial charge on any atom is 0.214 e. The fraction of sp³-hybridized carbons (Fsp3) is 0.600. The molecule has 1 aliphatic rings. The van der Waals surface area contributed by atoms with E-state index in [1.807, 2.05) is 17.6 Å². The van der Waals surface area contributed by atoms with E-state index in [2.05, 4.69) is 15.4 Å². The van der Waals surface area contributed by atoms with Crippen molar-refractivity contribution in [2.45, 2.75) is 38.6 Å². The van der Waals surface area contributed by atoms with Crippen molar-refractivity contribution < 1.29 is 0 Å². The molecule has 0 saturated heterocycles. The minimum atomic E-state index is 0.627. The summed E-state index contributed by atoms with van der Waals surface area (Å²) in [7, 11) is 0. The van der Waals surface area contributed by atoms with Gasteiger partial charge in [0.1, 0.15) is 0 Å². The highest BCUT2D eigenvalue weighted by Crippen LogP contribution is 2.25. The normalized spacial score (nSPS) is 17.7. The summed E-state index contributed by atoms with van der Waals surface area (Å²) >= 11 is 1.63. The first-order chi connectivity index (χ1) is 7.31. The first-order valence-electron chi connectivity index (χ1n) is 5.40. The Morgan fingerprint density at radius 1 is 1.47 bits per heavy atom. The van der Waals surface area contributed by atoms with Gasteiger partial charge in [0.15, 0.2) is 0 Å². The lowest BCUT2D eigenvalue weighted by molar-refractivity contribution is 0.749. The zero-order chi connectivity index (χ0) is 10.3. The summed E-state index contributed by atoms with van der Waals surface area (Å²) in [6.45, 7) is 1.99. The maximum absolute atomic E-state index is 4.46. The number of hydrogen-bond acceptors (Lipinski definition) is 4. The molecule has 2 aromatic heterocycles. The minimum absolute atomic E-state index is 0.627. The molecule has 2 aromatic rings. The van der Waals surface area contributed by atoms with Gasteiger partial charge >= 0.3 is 0 Å². The zero-order valence-electron chi connectivity index (χ0n) is 8.73. The van der Waals surface area contributed by atoms with E-state index in [0.717, 1.165) is 15.8 Å². The Kier molecular flexibility index (Phi) is 2.12. The summed E-state index contributed by atoms with van der Waals surface area (Å²) in [5, 5.41) is 8.95. The molecule has 15 heavy (non-hydrogen) atoms. The fourth-order valence-corrected chi connectivity index (χ4v) is 3.02. The molecule has 1 aliphatic carbocycles. The predicted molar refractivity (Wildman–Crippen MR) is 61.5 cm³/mol. The molecule has 1 N–H and O–H groups in total. The highest BCUT2D eigenvalue weighted by atomic mass is 32.1. The van der Waals surface area contributed by atoms with Crippen LogP contribution in [0.25, 0.3) is 4.96 Å². The first-order valence-corrected chi connectivity index (χ1v) is 6.22. The smallest absolute Gasteiger partial charge is 0.214 e. The van der Waals surface area contributed by atoms with E-state index in [9.17, 15) is 0 Å². The lowest BCUT2D eigenvalue weighted by Gasteiger charge is -2.08. The second kappa shape index (κ2) is 3.48. The van der Waals surface area contributed by atoms with Crippen molar-refractivity contribution in [3.05, 3.63) is 11.9 Å². The molecule has 3 rings (SSSR count). The Morgan fingerprint density at radius 2 is 2.27 bits per heavy atom. The Balaban J connectivity index is 1.82. The van der Waals surface area contributed by atoms with E-state index in [0.29, 0.717) is 6.04 Å². The summed E-state index contributed by atoms with van der Waals surface area (Å²) < 4.78 is 1.86. The molecule has 0 aliphatic heterocycles. The van der Waals surface area contributed by atoms with Gasteiger partial charge in [-0.2, -0.15) is 0 Å². The third-order valence-electron chi connectivity index (χ3n) is 2.85. The highest BCUT2D eigenvalue weighted by molar-refractivity contribution is 7.20. The number of nitrogens with one attached hydrogen (secondary N) is 1. The van der Waals surface area contributed by atoms with Gasteiger partial charge in [-0.3, -0.25) is 0 Å². The molecule has 2 heterocycles. The van der Waals surface area contributed by atoms with Crippen LogP contribution in [-0.2, 0) is 0 Å². The van der Waals surface area contributed by atoms with Gasteiger partial charge < -0.3 is 5.32 Å². The summed E-state index contributed by atoms with van der Waals surface area (Å²) in [6, 6.07) is 0.627. The van der Waals surface area contributed by atoms with Crippen LogP contribution in [0.3, 0.4) is 0 Å². The lowest BCUT2D eigenvalue weighted by Crippen LogP contribution is -2.14. The van der Waals surface area contributed by atoms with E-state index >= 15 is 0 Å². The van der Waals surface area contributed by atoms with Crippen molar-refractivity contribution in [2.75, 3.05) is 5.32 Å². The van der Waals surface area contributed by atoms with Crippen molar-refractivity contribution in [3.8, 4) is 0 Å². The minimum Gasteiger partial charge on any atom is -0.357 e. The number of nitrogens with zero attached hydrogens (tertiary/aromatic N) is 3. The van der Waals surface area contributed by atoms with Gasteiger partial charge in [0, 0.05) is 6.04 Å². The first kappa shape index (κ1) is 9.15. The monoisotopic (exact) mass is 222 g/mol. The topological polar surface area (TPSA) is 42.2 Å². The quantitative estimate of drug-likeness (QED) is 0.848. The van der Waals surface area contributed by atoms with Gasteiger partial charge in [0.2, 0.25) is 10.1 Å². The molecule has 0 spiro atoms. The van der Waals surface area contributed by atoms with Crippen LogP contribution >= 0.6 is 11.3 Å². The molecule has 0 bridgehead atoms. The van der Waals surface area contributed by atoms with Crippen LogP contribution in [0.2, 0.25) is 0 Å². The van der Waals surface area contributed by atoms with Crippen LogP contribution in [0.5, 0.6) is 0 Å². The van der Waals surface area contributed by atoms with Crippen LogP contribution in [0.4, 0.5) is 5.13 Å². The van der Waals surface area contributed by atoms with Crippen molar-refractivity contribution in [2.24, 2.45) is 0 Å². The second-order valence-corrected chi connectivity index (χ2v) is 5.10. The number of anilines is 1. The highest BCUT2D eigenvalue weighted by Gasteiger charge is 2.16. The van der Waals surface area contributed by atoms with Gasteiger partial charge in [-0.25, -0.2) is 9.50 Å². The third kappa shape index (κ3) is 1.71. The third-order valence-corrected chi connectivity index (χ3v) is 3.70. The van der Waals surface area contributed by atoms with Crippen molar-refractivity contribution in [1.82, 2.24) is 14.6 Å². The van der Waals surface area contributed by atoms with E-state index in [1.165, 1.54) is 25.7 Å². The van der Waals surface area contributed by atoms with E-state index in [-0.39, 0.29) is 0 Å². The molecule has 0 unspecified atom stereocenters. The Morgan fingerprint density at radius 3 is 3.00 bits per heavy atom. The number of aryl methyl sites for hydroxylation is 1. The average molecular weight is 222 g/mol. The molecule has 5 heteroatoms. The van der Waals surface area contributed by atoms with Gasteiger partial charge in [-0.1, -0.05) is 24.2 Å². The molecular formula is C10H14N4S. The van der Waals surface area contributed by atoms with Crippen LogP contribution in [0.15, 0.2) is 6.20 Å². The SMILES string of the molecule is Cc1cn2nc(NC3CCCC3)sc2n1. The molecule has 0 amide bonds. The molecule has 0 atom stereocenters. The number of aromatic nitrogens is 3. The number of hydrogen-bond donors (Lipinski definition) is 1. The predicted octanol–water partition coefficient (Wildman–Crippen LogP) is 2.45. The largest absolute Gasteiger partial charge is 0.357 e. The summed E-state index contributed by atoms with van der Waals surface area (Å²) in [6.07, 6.45) is 7.21. The summed E-state index contributed by atoms with van der Waals surface area (Å²) in [5.41, 5.74) is 1.03. The maximum atomic E-state index is 4.46. The van der Waals surface area contributed by atoms with Gasteiger partial charge in [0.25, 0.3) is 0 Å². The summed E-state index contributed by atoms with van der Waals surface area (Å²) in [4.78, 5) is 5.37. The Bertz CT molecular complexity index is 435. The zero-order valence-corrected chi connectivity index (χ0v) is 9.55. The molecule has 80 valence electrons. The Labute approximate surface area is 92.3 Å². The van der Waals surface area contributed by atoms with E-state index in [4.69, 9.17) is 0 Å². The van der Waals surface area contributed by atoms with Crippen LogP contribution in [-0.4, -0.2) is 20.6 Å². The number of imidazole rings is 1. The van der Waals surface area contributed by atoms with Gasteiger partial charge in [0.05, 0.1) is 11.9 Å². The average Bonchev–Trinajstić information content (AvgIpc) is 2.81. The Hall–Kier alpha value is -1.10.